The number of hydrogen-bond acceptors (Lipinski definition) is 11. The Hall–Kier alpha value is -1.06. The van der Waals surface area contributed by atoms with E-state index in [2.05, 4.69) is 18.1 Å². The SMILES string of the molecule is Nc1ccn([C@H]2C[C@H](O)[C@@](CF)(OP(=O)(O)OP(=O)(O)OP(=O)(O)O)O2)c(=O)n1. The minimum atomic E-state index is -5.88. The van der Waals surface area contributed by atoms with Gasteiger partial charge in [0.2, 0.25) is 5.79 Å². The number of phosphoric ester groups is 1. The standard InChI is InChI=1S/C9H15FN3O13P3/c10-4-9(24-28(19,20)26-29(21,22)25-27(16,17)18)5(14)3-7(23-9)13-2-1-6(11)12-8(13)15/h1-2,5,7,14H,3-4H2,(H,19,20)(H,21,22)(H2,11,12,15)(H2,16,17,18)/t5-,7+,9+/m0/s1. The summed E-state index contributed by atoms with van der Waals surface area (Å²) in [6.45, 7) is -1.81. The zero-order valence-corrected chi connectivity index (χ0v) is 16.6. The van der Waals surface area contributed by atoms with Gasteiger partial charge < -0.3 is 35.2 Å². The fraction of sp³-hybridized carbons (Fsp3) is 0.556. The number of nitrogens with two attached hydrogens (primary N) is 1. The zero-order valence-electron chi connectivity index (χ0n) is 13.9. The average molecular weight is 485 g/mol. The Morgan fingerprint density at radius 3 is 2.41 bits per heavy atom. The Bertz CT molecular complexity index is 966. The van der Waals surface area contributed by atoms with Crippen molar-refractivity contribution in [3.63, 3.8) is 0 Å². The Labute approximate surface area is 160 Å². The molecule has 166 valence electrons. The van der Waals surface area contributed by atoms with Gasteiger partial charge >= 0.3 is 29.2 Å². The van der Waals surface area contributed by atoms with Gasteiger partial charge in [0, 0.05) is 12.6 Å². The van der Waals surface area contributed by atoms with E-state index < -0.39 is 60.4 Å². The van der Waals surface area contributed by atoms with E-state index in [0.29, 0.717) is 0 Å². The molecule has 1 aromatic rings. The Kier molecular flexibility index (Phi) is 6.87. The summed E-state index contributed by atoms with van der Waals surface area (Å²) in [6, 6.07) is 1.16. The summed E-state index contributed by atoms with van der Waals surface area (Å²) in [7, 11) is -17.4. The number of rotatable bonds is 8. The molecule has 0 amide bonds. The predicted octanol–water partition coefficient (Wildman–Crippen LogP) is -0.886. The van der Waals surface area contributed by atoms with Gasteiger partial charge in [0.1, 0.15) is 24.8 Å². The second kappa shape index (κ2) is 8.23. The summed E-state index contributed by atoms with van der Waals surface area (Å²) < 4.78 is 64.6. The van der Waals surface area contributed by atoms with Crippen LogP contribution in [0.15, 0.2) is 17.1 Å². The van der Waals surface area contributed by atoms with E-state index in [1.165, 1.54) is 0 Å². The number of nitrogen functional groups attached to an aromatic ring is 1. The van der Waals surface area contributed by atoms with E-state index in [-0.39, 0.29) is 5.82 Å². The first kappa shape index (κ1) is 24.2. The van der Waals surface area contributed by atoms with Crippen LogP contribution in [-0.4, -0.2) is 52.8 Å². The van der Waals surface area contributed by atoms with Gasteiger partial charge in [-0.1, -0.05) is 0 Å². The van der Waals surface area contributed by atoms with Crippen LogP contribution in [-0.2, 0) is 31.6 Å². The highest BCUT2D eigenvalue weighted by molar-refractivity contribution is 7.66. The molecule has 0 radical (unpaired) electrons. The third kappa shape index (κ3) is 6.21. The predicted molar refractivity (Wildman–Crippen MR) is 87.3 cm³/mol. The molecule has 0 bridgehead atoms. The van der Waals surface area contributed by atoms with Crippen molar-refractivity contribution in [3.05, 3.63) is 22.7 Å². The van der Waals surface area contributed by atoms with Crippen molar-refractivity contribution in [3.8, 4) is 0 Å². The first-order chi connectivity index (χ1) is 13.1. The lowest BCUT2D eigenvalue weighted by atomic mass is 10.1. The first-order valence-corrected chi connectivity index (χ1v) is 11.7. The molecule has 0 aliphatic carbocycles. The Balaban J connectivity index is 2.24. The van der Waals surface area contributed by atoms with Crippen LogP contribution in [0.5, 0.6) is 0 Å². The maximum Gasteiger partial charge on any atom is 0.490 e. The van der Waals surface area contributed by atoms with Gasteiger partial charge in [-0.25, -0.2) is 27.4 Å². The number of nitrogens with zero attached hydrogens (tertiary/aromatic N) is 2. The second-order valence-corrected chi connectivity index (χ2v) is 9.84. The van der Waals surface area contributed by atoms with Gasteiger partial charge in [0.25, 0.3) is 0 Å². The maximum absolute atomic E-state index is 13.6. The van der Waals surface area contributed by atoms with Gasteiger partial charge in [-0.2, -0.15) is 13.6 Å². The molecule has 2 unspecified atom stereocenters. The lowest BCUT2D eigenvalue weighted by molar-refractivity contribution is -0.234. The fourth-order valence-electron chi connectivity index (χ4n) is 2.26. The summed E-state index contributed by atoms with van der Waals surface area (Å²) in [5.74, 6) is -3.12. The third-order valence-electron chi connectivity index (χ3n) is 3.30. The molecule has 1 saturated heterocycles. The molecule has 0 spiro atoms. The molecule has 0 aromatic carbocycles. The van der Waals surface area contributed by atoms with Crippen LogP contribution in [0.4, 0.5) is 10.2 Å². The average Bonchev–Trinajstić information content (AvgIpc) is 2.79. The number of alkyl halides is 1. The van der Waals surface area contributed by atoms with Crippen LogP contribution in [0.3, 0.4) is 0 Å². The van der Waals surface area contributed by atoms with E-state index in [4.69, 9.17) is 25.2 Å². The highest BCUT2D eigenvalue weighted by Gasteiger charge is 2.56. The largest absolute Gasteiger partial charge is 0.490 e. The maximum atomic E-state index is 13.6. The van der Waals surface area contributed by atoms with Crippen molar-refractivity contribution in [1.29, 1.82) is 0 Å². The number of aliphatic hydroxyl groups excluding tert-OH is 1. The minimum absolute atomic E-state index is 0.158. The third-order valence-corrected chi connectivity index (χ3v) is 7.17. The number of halogens is 1. The van der Waals surface area contributed by atoms with E-state index in [1.807, 2.05) is 0 Å². The summed E-state index contributed by atoms with van der Waals surface area (Å²) >= 11 is 0. The lowest BCUT2D eigenvalue weighted by Crippen LogP contribution is -2.44. The van der Waals surface area contributed by atoms with Crippen molar-refractivity contribution in [1.82, 2.24) is 9.55 Å². The van der Waals surface area contributed by atoms with E-state index in [9.17, 15) is 32.9 Å². The molecule has 7 N–H and O–H groups in total. The van der Waals surface area contributed by atoms with E-state index >= 15 is 0 Å². The number of aliphatic hydroxyl groups is 1. The lowest BCUT2D eigenvalue weighted by Gasteiger charge is -2.30. The summed E-state index contributed by atoms with van der Waals surface area (Å²) in [6.07, 6.45) is -2.97. The molecule has 2 heterocycles. The van der Waals surface area contributed by atoms with E-state index in [1.54, 1.807) is 0 Å². The van der Waals surface area contributed by atoms with Crippen molar-refractivity contribution in [2.75, 3.05) is 12.4 Å². The molecule has 1 aliphatic rings. The topological polar surface area (TPSA) is 250 Å². The monoisotopic (exact) mass is 485 g/mol. The normalized spacial score (nSPS) is 29.3. The highest BCUT2D eigenvalue weighted by atomic mass is 31.3. The van der Waals surface area contributed by atoms with Crippen LogP contribution in [0.2, 0.25) is 0 Å². The summed E-state index contributed by atoms with van der Waals surface area (Å²) in [5.41, 5.74) is 4.34. The molecule has 2 rings (SSSR count). The number of aromatic nitrogens is 2. The van der Waals surface area contributed by atoms with Crippen molar-refractivity contribution >= 4 is 29.3 Å². The van der Waals surface area contributed by atoms with Gasteiger partial charge in [-0.05, 0) is 6.07 Å². The molecular formula is C9H15FN3O13P3. The number of hydrogen-bond donors (Lipinski definition) is 6. The van der Waals surface area contributed by atoms with Crippen molar-refractivity contribution in [2.24, 2.45) is 0 Å². The van der Waals surface area contributed by atoms with E-state index in [0.717, 1.165) is 16.8 Å². The Morgan fingerprint density at radius 1 is 1.28 bits per heavy atom. The molecule has 1 aliphatic heterocycles. The van der Waals surface area contributed by atoms with Gasteiger partial charge in [0.15, 0.2) is 0 Å². The van der Waals surface area contributed by atoms with Crippen LogP contribution in [0.25, 0.3) is 0 Å². The Morgan fingerprint density at radius 2 is 1.90 bits per heavy atom. The fourth-order valence-corrected chi connectivity index (χ4v) is 5.51. The summed E-state index contributed by atoms with van der Waals surface area (Å²) in [4.78, 5) is 50.8. The number of ether oxygens (including phenoxy) is 1. The minimum Gasteiger partial charge on any atom is -0.387 e. The van der Waals surface area contributed by atoms with Gasteiger partial charge in [0.05, 0.1) is 0 Å². The highest BCUT2D eigenvalue weighted by Crippen LogP contribution is 2.67. The van der Waals surface area contributed by atoms with Crippen LogP contribution in [0, 0.1) is 0 Å². The molecule has 1 fully saturated rings. The molecule has 29 heavy (non-hydrogen) atoms. The van der Waals surface area contributed by atoms with Gasteiger partial charge in [-0.3, -0.25) is 4.57 Å². The second-order valence-electron chi connectivity index (χ2n) is 5.49. The molecule has 16 nitrogen and oxygen atoms in total. The molecule has 1 aromatic heterocycles. The number of anilines is 1. The number of phosphoric acid groups is 3. The quantitative estimate of drug-likeness (QED) is 0.244. The van der Waals surface area contributed by atoms with Crippen LogP contribution in [0.1, 0.15) is 12.6 Å². The van der Waals surface area contributed by atoms with Crippen molar-refractivity contribution in [2.45, 2.75) is 24.5 Å². The molecule has 0 saturated carbocycles. The molecular weight excluding hydrogens is 470 g/mol. The van der Waals surface area contributed by atoms with Crippen molar-refractivity contribution < 1.29 is 60.6 Å². The molecule has 5 atom stereocenters. The van der Waals surface area contributed by atoms with Gasteiger partial charge in [-0.15, -0.1) is 0 Å². The van der Waals surface area contributed by atoms with Crippen LogP contribution >= 0.6 is 23.5 Å². The molecule has 20 heteroatoms. The summed E-state index contributed by atoms with van der Waals surface area (Å²) in [5, 5.41) is 10.0. The first-order valence-electron chi connectivity index (χ1n) is 7.19. The smallest absolute Gasteiger partial charge is 0.387 e. The van der Waals surface area contributed by atoms with Crippen LogP contribution < -0.4 is 11.4 Å². The zero-order chi connectivity index (χ0) is 22.3.